The lowest BCUT2D eigenvalue weighted by Gasteiger charge is -2.32. The second-order valence-electron chi connectivity index (χ2n) is 6.75. The summed E-state index contributed by atoms with van der Waals surface area (Å²) in [5.74, 6) is 0.992. The first-order valence-corrected chi connectivity index (χ1v) is 9.06. The first kappa shape index (κ1) is 17.0. The van der Waals surface area contributed by atoms with E-state index in [1.807, 2.05) is 30.3 Å². The Kier molecular flexibility index (Phi) is 4.71. The van der Waals surface area contributed by atoms with E-state index in [0.717, 1.165) is 36.8 Å². The highest BCUT2D eigenvalue weighted by molar-refractivity contribution is 5.97. The van der Waals surface area contributed by atoms with Crippen LogP contribution in [0, 0.1) is 17.2 Å². The molecule has 1 amide bonds. The van der Waals surface area contributed by atoms with Crippen LogP contribution in [-0.2, 0) is 0 Å². The first-order valence-electron chi connectivity index (χ1n) is 9.06. The van der Waals surface area contributed by atoms with Crippen LogP contribution in [0.15, 0.2) is 42.7 Å². The van der Waals surface area contributed by atoms with Gasteiger partial charge in [-0.1, -0.05) is 18.2 Å². The highest BCUT2D eigenvalue weighted by Crippen LogP contribution is 2.23. The lowest BCUT2D eigenvalue weighted by atomic mass is 9.96. The fourth-order valence-corrected chi connectivity index (χ4v) is 3.52. The summed E-state index contributed by atoms with van der Waals surface area (Å²) in [6.07, 6.45) is 5.03. The van der Waals surface area contributed by atoms with Crippen molar-refractivity contribution in [2.24, 2.45) is 5.92 Å². The lowest BCUT2D eigenvalue weighted by molar-refractivity contribution is 0.0940. The minimum Gasteiger partial charge on any atom is -0.354 e. The molecule has 7 heteroatoms. The molecule has 1 aromatic carbocycles. The zero-order valence-corrected chi connectivity index (χ0v) is 14.9. The number of anilines is 1. The Bertz CT molecular complexity index is 964. The normalized spacial score (nSPS) is 14.9. The number of aromatic nitrogens is 3. The third-order valence-electron chi connectivity index (χ3n) is 5.02. The SMILES string of the molecule is N#Cc1nccnc1N1CCC(CNC(=O)c2cc3ccccc3[nH]2)CC1. The van der Waals surface area contributed by atoms with Crippen molar-refractivity contribution in [2.75, 3.05) is 24.5 Å². The molecule has 1 aliphatic rings. The van der Waals surface area contributed by atoms with Crippen molar-refractivity contribution in [3.8, 4) is 6.07 Å². The van der Waals surface area contributed by atoms with Gasteiger partial charge in [0.2, 0.25) is 0 Å². The van der Waals surface area contributed by atoms with E-state index in [4.69, 9.17) is 0 Å². The predicted molar refractivity (Wildman–Crippen MR) is 102 cm³/mol. The van der Waals surface area contributed by atoms with Crippen molar-refractivity contribution in [1.29, 1.82) is 5.26 Å². The van der Waals surface area contributed by atoms with Crippen LogP contribution in [0.4, 0.5) is 5.82 Å². The molecule has 0 aliphatic carbocycles. The summed E-state index contributed by atoms with van der Waals surface area (Å²) in [6.45, 7) is 2.26. The van der Waals surface area contributed by atoms with E-state index in [0.29, 0.717) is 29.7 Å². The number of nitrogens with one attached hydrogen (secondary N) is 2. The molecule has 1 aliphatic heterocycles. The zero-order valence-electron chi connectivity index (χ0n) is 14.9. The fraction of sp³-hybridized carbons (Fsp3) is 0.300. The lowest BCUT2D eigenvalue weighted by Crippen LogP contribution is -2.39. The Morgan fingerprint density at radius 3 is 2.81 bits per heavy atom. The molecule has 7 nitrogen and oxygen atoms in total. The Hall–Kier alpha value is -3.40. The molecular formula is C20H20N6O. The molecule has 3 aromatic rings. The van der Waals surface area contributed by atoms with Crippen molar-refractivity contribution >= 4 is 22.6 Å². The summed E-state index contributed by atoms with van der Waals surface area (Å²) in [4.78, 5) is 26.1. The van der Waals surface area contributed by atoms with Gasteiger partial charge in [-0.05, 0) is 30.9 Å². The second-order valence-corrected chi connectivity index (χ2v) is 6.75. The van der Waals surface area contributed by atoms with Gasteiger partial charge in [-0.25, -0.2) is 9.97 Å². The molecule has 27 heavy (non-hydrogen) atoms. The first-order chi connectivity index (χ1) is 13.2. The molecule has 2 aromatic heterocycles. The van der Waals surface area contributed by atoms with E-state index in [1.54, 1.807) is 6.20 Å². The quantitative estimate of drug-likeness (QED) is 0.745. The molecule has 0 radical (unpaired) electrons. The van der Waals surface area contributed by atoms with E-state index in [1.165, 1.54) is 6.20 Å². The maximum atomic E-state index is 12.4. The van der Waals surface area contributed by atoms with Crippen molar-refractivity contribution in [1.82, 2.24) is 20.3 Å². The summed E-state index contributed by atoms with van der Waals surface area (Å²) >= 11 is 0. The van der Waals surface area contributed by atoms with E-state index < -0.39 is 0 Å². The minimum absolute atomic E-state index is 0.0747. The molecule has 2 N–H and O–H groups in total. The van der Waals surface area contributed by atoms with Gasteiger partial charge in [0.25, 0.3) is 5.91 Å². The number of H-pyrrole nitrogens is 1. The maximum Gasteiger partial charge on any atom is 0.267 e. The summed E-state index contributed by atoms with van der Waals surface area (Å²) in [7, 11) is 0. The van der Waals surface area contributed by atoms with Gasteiger partial charge in [0, 0.05) is 42.9 Å². The third kappa shape index (κ3) is 3.60. The minimum atomic E-state index is -0.0747. The van der Waals surface area contributed by atoms with Crippen LogP contribution < -0.4 is 10.2 Å². The number of piperidine rings is 1. The van der Waals surface area contributed by atoms with Gasteiger partial charge in [-0.2, -0.15) is 5.26 Å². The number of aromatic amines is 1. The largest absolute Gasteiger partial charge is 0.354 e. The van der Waals surface area contributed by atoms with Crippen LogP contribution in [0.25, 0.3) is 10.9 Å². The summed E-state index contributed by atoms with van der Waals surface area (Å²) in [5.41, 5.74) is 1.92. The fourth-order valence-electron chi connectivity index (χ4n) is 3.52. The summed E-state index contributed by atoms with van der Waals surface area (Å²) in [5, 5.41) is 13.3. The average Bonchev–Trinajstić information content (AvgIpc) is 3.17. The van der Waals surface area contributed by atoms with Gasteiger partial charge < -0.3 is 15.2 Å². The Labute approximate surface area is 157 Å². The number of fused-ring (bicyclic) bond motifs is 1. The molecule has 0 atom stereocenters. The van der Waals surface area contributed by atoms with Crippen LogP contribution in [0.5, 0.6) is 0 Å². The molecule has 0 spiro atoms. The number of benzene rings is 1. The molecule has 1 fully saturated rings. The number of para-hydroxylation sites is 1. The van der Waals surface area contributed by atoms with Crippen molar-refractivity contribution in [3.05, 3.63) is 54.1 Å². The number of nitriles is 1. The van der Waals surface area contributed by atoms with Crippen LogP contribution >= 0.6 is 0 Å². The van der Waals surface area contributed by atoms with Gasteiger partial charge in [-0.3, -0.25) is 4.79 Å². The van der Waals surface area contributed by atoms with Crippen LogP contribution in [0.1, 0.15) is 29.0 Å². The van der Waals surface area contributed by atoms with Crippen molar-refractivity contribution in [2.45, 2.75) is 12.8 Å². The second kappa shape index (κ2) is 7.46. The van der Waals surface area contributed by atoms with E-state index in [-0.39, 0.29) is 5.91 Å². The average molecular weight is 360 g/mol. The number of carbonyl (C=O) groups excluding carboxylic acids is 1. The predicted octanol–water partition coefficient (Wildman–Crippen LogP) is 2.48. The van der Waals surface area contributed by atoms with Crippen LogP contribution in [-0.4, -0.2) is 40.5 Å². The molecule has 0 unspecified atom stereocenters. The standard InChI is InChI=1S/C20H20N6O/c21-12-18-19(23-8-7-22-18)26-9-5-14(6-10-26)13-24-20(27)17-11-15-3-1-2-4-16(15)25-17/h1-4,7-8,11,14,25H,5-6,9-10,13H2,(H,24,27). The van der Waals surface area contributed by atoms with Crippen molar-refractivity contribution < 1.29 is 4.79 Å². The molecule has 3 heterocycles. The van der Waals surface area contributed by atoms with Gasteiger partial charge in [0.05, 0.1) is 0 Å². The highest BCUT2D eigenvalue weighted by Gasteiger charge is 2.23. The third-order valence-corrected chi connectivity index (χ3v) is 5.02. The number of carbonyl (C=O) groups is 1. The van der Waals surface area contributed by atoms with E-state index in [9.17, 15) is 10.1 Å². The number of hydrogen-bond acceptors (Lipinski definition) is 5. The number of amides is 1. The molecule has 4 rings (SSSR count). The van der Waals surface area contributed by atoms with Crippen LogP contribution in [0.3, 0.4) is 0 Å². The zero-order chi connectivity index (χ0) is 18.6. The molecule has 0 saturated carbocycles. The van der Waals surface area contributed by atoms with Gasteiger partial charge in [0.15, 0.2) is 11.5 Å². The Balaban J connectivity index is 1.32. The van der Waals surface area contributed by atoms with E-state index in [2.05, 4.69) is 31.2 Å². The van der Waals surface area contributed by atoms with Crippen molar-refractivity contribution in [3.63, 3.8) is 0 Å². The topological polar surface area (TPSA) is 97.7 Å². The maximum absolute atomic E-state index is 12.4. The number of rotatable bonds is 4. The monoisotopic (exact) mass is 360 g/mol. The summed E-state index contributed by atoms with van der Waals surface area (Å²) in [6, 6.07) is 11.8. The van der Waals surface area contributed by atoms with Gasteiger partial charge >= 0.3 is 0 Å². The van der Waals surface area contributed by atoms with Gasteiger partial charge in [0.1, 0.15) is 11.8 Å². The number of hydrogen-bond donors (Lipinski definition) is 2. The Morgan fingerprint density at radius 2 is 2.04 bits per heavy atom. The van der Waals surface area contributed by atoms with E-state index >= 15 is 0 Å². The number of nitrogens with zero attached hydrogens (tertiary/aromatic N) is 4. The smallest absolute Gasteiger partial charge is 0.267 e. The molecule has 1 saturated heterocycles. The highest BCUT2D eigenvalue weighted by atomic mass is 16.1. The molecular weight excluding hydrogens is 340 g/mol. The Morgan fingerprint density at radius 1 is 1.26 bits per heavy atom. The summed E-state index contributed by atoms with van der Waals surface area (Å²) < 4.78 is 0. The molecule has 136 valence electrons. The van der Waals surface area contributed by atoms with Gasteiger partial charge in [-0.15, -0.1) is 0 Å². The van der Waals surface area contributed by atoms with Crippen LogP contribution in [0.2, 0.25) is 0 Å². The molecule has 0 bridgehead atoms.